The van der Waals surface area contributed by atoms with Gasteiger partial charge in [0.2, 0.25) is 0 Å². The molecule has 0 aliphatic heterocycles. The molecule has 0 saturated heterocycles. The zero-order chi connectivity index (χ0) is 8.69. The molecular formula is C8H20HfN2. The SMILES string of the molecule is CC[N](CC)[Hf][N](CC)CC. The first-order valence-corrected chi connectivity index (χ1v) is 7.75. The Labute approximate surface area is 83.1 Å². The molecule has 0 fully saturated rings. The van der Waals surface area contributed by atoms with E-state index >= 15 is 0 Å². The van der Waals surface area contributed by atoms with Crippen LogP contribution in [0.1, 0.15) is 27.7 Å². The van der Waals surface area contributed by atoms with E-state index in [1.165, 1.54) is 26.2 Å². The summed E-state index contributed by atoms with van der Waals surface area (Å²) in [5.74, 6) is 0. The summed E-state index contributed by atoms with van der Waals surface area (Å²) in [6.45, 7) is 14.0. The number of hydrogen-bond donors (Lipinski definition) is 0. The molecule has 0 amide bonds. The van der Waals surface area contributed by atoms with E-state index in [-0.39, 0.29) is 0 Å². The Hall–Kier alpha value is 0.790. The number of nitrogens with zero attached hydrogens (tertiary/aromatic N) is 2. The van der Waals surface area contributed by atoms with Crippen LogP contribution in [0.25, 0.3) is 0 Å². The maximum atomic E-state index is 2.63. The Morgan fingerprint density at radius 2 is 1.00 bits per heavy atom. The van der Waals surface area contributed by atoms with Crippen LogP contribution in [0.4, 0.5) is 0 Å². The van der Waals surface area contributed by atoms with Gasteiger partial charge in [0.25, 0.3) is 0 Å². The fourth-order valence-corrected chi connectivity index (χ4v) is 4.40. The molecule has 0 aliphatic rings. The predicted octanol–water partition coefficient (Wildman–Crippen LogP) is 1.58. The molecular weight excluding hydrogens is 303 g/mol. The molecule has 0 aromatic rings. The molecule has 0 N–H and O–H groups in total. The first kappa shape index (κ1) is 11.8. The molecule has 11 heavy (non-hydrogen) atoms. The zero-order valence-electron chi connectivity index (χ0n) is 8.22. The van der Waals surface area contributed by atoms with Gasteiger partial charge < -0.3 is 0 Å². The summed E-state index contributed by atoms with van der Waals surface area (Å²) in [6, 6.07) is 0. The van der Waals surface area contributed by atoms with Gasteiger partial charge >= 0.3 is 83.1 Å². The van der Waals surface area contributed by atoms with Gasteiger partial charge in [-0.15, -0.1) is 0 Å². The quantitative estimate of drug-likeness (QED) is 0.685. The first-order valence-electron chi connectivity index (χ1n) is 4.54. The summed E-state index contributed by atoms with van der Waals surface area (Å²) >= 11 is -0.582. The molecule has 0 heterocycles. The van der Waals surface area contributed by atoms with E-state index in [4.69, 9.17) is 0 Å². The molecule has 0 saturated carbocycles. The van der Waals surface area contributed by atoms with Crippen LogP contribution < -0.4 is 0 Å². The van der Waals surface area contributed by atoms with Crippen molar-refractivity contribution >= 4 is 0 Å². The van der Waals surface area contributed by atoms with E-state index in [0.717, 1.165) is 0 Å². The molecule has 2 nitrogen and oxygen atoms in total. The van der Waals surface area contributed by atoms with Crippen LogP contribution in [0.5, 0.6) is 0 Å². The van der Waals surface area contributed by atoms with E-state index in [1.807, 2.05) is 0 Å². The molecule has 0 bridgehead atoms. The van der Waals surface area contributed by atoms with E-state index in [1.54, 1.807) is 0 Å². The molecule has 0 unspecified atom stereocenters. The summed E-state index contributed by atoms with van der Waals surface area (Å²) in [6.07, 6.45) is 0. The third-order valence-electron chi connectivity index (χ3n) is 1.81. The molecule has 0 atom stereocenters. The molecule has 3 heteroatoms. The van der Waals surface area contributed by atoms with Crippen LogP contribution in [0.2, 0.25) is 0 Å². The van der Waals surface area contributed by atoms with Gasteiger partial charge in [-0.05, 0) is 0 Å². The molecule has 66 valence electrons. The van der Waals surface area contributed by atoms with E-state index in [0.29, 0.717) is 0 Å². The van der Waals surface area contributed by atoms with Gasteiger partial charge in [0, 0.05) is 0 Å². The van der Waals surface area contributed by atoms with Crippen molar-refractivity contribution in [3.8, 4) is 0 Å². The minimum atomic E-state index is -0.582. The summed E-state index contributed by atoms with van der Waals surface area (Å²) in [4.78, 5) is 0. The van der Waals surface area contributed by atoms with Gasteiger partial charge in [0.1, 0.15) is 0 Å². The van der Waals surface area contributed by atoms with Crippen LogP contribution >= 0.6 is 0 Å². The average Bonchev–Trinajstić information content (AvgIpc) is 2.07. The summed E-state index contributed by atoms with van der Waals surface area (Å²) in [5.41, 5.74) is 0. The van der Waals surface area contributed by atoms with E-state index in [9.17, 15) is 0 Å². The van der Waals surface area contributed by atoms with Gasteiger partial charge in [0.15, 0.2) is 0 Å². The van der Waals surface area contributed by atoms with Crippen molar-refractivity contribution in [2.45, 2.75) is 27.7 Å². The zero-order valence-corrected chi connectivity index (χ0v) is 11.8. The van der Waals surface area contributed by atoms with E-state index < -0.39 is 23.5 Å². The fraction of sp³-hybridized carbons (Fsp3) is 1.00. The molecule has 0 aromatic heterocycles. The second-order valence-electron chi connectivity index (χ2n) is 2.44. The normalized spacial score (nSPS) is 11.1. The van der Waals surface area contributed by atoms with Gasteiger partial charge in [-0.1, -0.05) is 0 Å². The Kier molecular flexibility index (Phi) is 7.97. The topological polar surface area (TPSA) is 6.48 Å². The maximum absolute atomic E-state index is 2.63. The van der Waals surface area contributed by atoms with Crippen LogP contribution in [0.15, 0.2) is 0 Å². The Morgan fingerprint density at radius 1 is 0.727 bits per heavy atom. The monoisotopic (exact) mass is 324 g/mol. The average molecular weight is 323 g/mol. The first-order chi connectivity index (χ1) is 5.28. The standard InChI is InChI=1S/2C4H10N.Hf/c2*1-3-5-4-2;/h2*3-4H2,1-2H3;/q2*-1;+2. The van der Waals surface area contributed by atoms with Gasteiger partial charge in [-0.25, -0.2) is 0 Å². The third kappa shape index (κ3) is 5.10. The summed E-state index contributed by atoms with van der Waals surface area (Å²) in [7, 11) is 0. The number of hydrogen-bond acceptors (Lipinski definition) is 2. The predicted molar refractivity (Wildman–Crippen MR) is 45.8 cm³/mol. The van der Waals surface area contributed by atoms with Crippen molar-refractivity contribution in [3.05, 3.63) is 0 Å². The Balaban J connectivity index is 3.58. The molecule has 0 aromatic carbocycles. The van der Waals surface area contributed by atoms with Crippen LogP contribution in [-0.4, -0.2) is 32.0 Å². The van der Waals surface area contributed by atoms with Crippen molar-refractivity contribution in [1.29, 1.82) is 0 Å². The van der Waals surface area contributed by atoms with Crippen LogP contribution in [0.3, 0.4) is 0 Å². The van der Waals surface area contributed by atoms with Crippen molar-refractivity contribution in [1.82, 2.24) is 5.78 Å². The molecule has 0 aliphatic carbocycles. The van der Waals surface area contributed by atoms with Crippen LogP contribution in [-0.2, 0) is 23.5 Å². The van der Waals surface area contributed by atoms with Crippen molar-refractivity contribution in [2.24, 2.45) is 0 Å². The second kappa shape index (κ2) is 7.44. The third-order valence-corrected chi connectivity index (χ3v) is 8.39. The van der Waals surface area contributed by atoms with Crippen molar-refractivity contribution < 1.29 is 23.5 Å². The Morgan fingerprint density at radius 3 is 1.18 bits per heavy atom. The van der Waals surface area contributed by atoms with E-state index in [2.05, 4.69) is 33.5 Å². The molecule has 0 rings (SSSR count). The second-order valence-corrected chi connectivity index (χ2v) is 7.71. The van der Waals surface area contributed by atoms with Crippen LogP contribution in [0, 0.1) is 0 Å². The van der Waals surface area contributed by atoms with Crippen molar-refractivity contribution in [2.75, 3.05) is 26.2 Å². The molecule has 0 radical (unpaired) electrons. The minimum absolute atomic E-state index is 0.582. The summed E-state index contributed by atoms with van der Waals surface area (Å²) < 4.78 is 5.26. The van der Waals surface area contributed by atoms with Gasteiger partial charge in [-0.3, -0.25) is 0 Å². The summed E-state index contributed by atoms with van der Waals surface area (Å²) in [5, 5.41) is 0. The Bertz CT molecular complexity index is 70.2. The van der Waals surface area contributed by atoms with Crippen molar-refractivity contribution in [3.63, 3.8) is 0 Å². The molecule has 0 spiro atoms. The number of rotatable bonds is 6. The van der Waals surface area contributed by atoms with Gasteiger partial charge in [-0.2, -0.15) is 0 Å². The fourth-order valence-electron chi connectivity index (χ4n) is 0.930. The van der Waals surface area contributed by atoms with Gasteiger partial charge in [0.05, 0.1) is 0 Å².